The summed E-state index contributed by atoms with van der Waals surface area (Å²) in [6.45, 7) is 2.05. The number of hydrogen-bond donors (Lipinski definition) is 1. The average Bonchev–Trinajstić information content (AvgIpc) is 2.09. The molecular weight excluding hydrogens is 153 g/mol. The zero-order valence-electron chi connectivity index (χ0n) is 7.52. The summed E-state index contributed by atoms with van der Waals surface area (Å²) in [6.07, 6.45) is 1.80. The van der Waals surface area contributed by atoms with E-state index < -0.39 is 0 Å². The van der Waals surface area contributed by atoms with E-state index in [9.17, 15) is 4.39 Å². The fraction of sp³-hybridized carbons (Fsp3) is 0.400. The van der Waals surface area contributed by atoms with Gasteiger partial charge in [0.15, 0.2) is 0 Å². The van der Waals surface area contributed by atoms with Gasteiger partial charge in [0.25, 0.3) is 0 Å². The second-order valence-electron chi connectivity index (χ2n) is 2.81. The molecule has 0 fully saturated rings. The highest BCUT2D eigenvalue weighted by molar-refractivity contribution is 5.44. The van der Waals surface area contributed by atoms with Crippen LogP contribution in [0.4, 0.5) is 10.1 Å². The van der Waals surface area contributed by atoms with E-state index in [0.717, 1.165) is 24.1 Å². The third-order valence-corrected chi connectivity index (χ3v) is 1.86. The first-order valence-electron chi connectivity index (χ1n) is 4.24. The number of nitrogens with one attached hydrogen (secondary N) is 1. The Kier molecular flexibility index (Phi) is 3.09. The third-order valence-electron chi connectivity index (χ3n) is 1.86. The first kappa shape index (κ1) is 9.04. The minimum absolute atomic E-state index is 0.108. The molecule has 0 saturated heterocycles. The summed E-state index contributed by atoms with van der Waals surface area (Å²) in [5.41, 5.74) is 1.63. The molecule has 0 spiro atoms. The molecule has 1 N–H and O–H groups in total. The van der Waals surface area contributed by atoms with E-state index in [-0.39, 0.29) is 5.82 Å². The molecule has 66 valence electrons. The van der Waals surface area contributed by atoms with Gasteiger partial charge in [-0.1, -0.05) is 19.4 Å². The predicted molar refractivity (Wildman–Crippen MR) is 49.9 cm³/mol. The topological polar surface area (TPSA) is 12.0 Å². The van der Waals surface area contributed by atoms with E-state index in [1.807, 2.05) is 19.1 Å². The Morgan fingerprint density at radius 1 is 1.42 bits per heavy atom. The Balaban J connectivity index is 2.87. The largest absolute Gasteiger partial charge is 0.388 e. The van der Waals surface area contributed by atoms with Crippen molar-refractivity contribution in [2.75, 3.05) is 12.4 Å². The molecule has 0 aliphatic carbocycles. The summed E-state index contributed by atoms with van der Waals surface area (Å²) in [7, 11) is 1.79. The van der Waals surface area contributed by atoms with E-state index in [4.69, 9.17) is 0 Å². The highest BCUT2D eigenvalue weighted by Crippen LogP contribution is 2.15. The highest BCUT2D eigenvalue weighted by atomic mass is 19.1. The summed E-state index contributed by atoms with van der Waals surface area (Å²) in [5, 5.41) is 2.90. The lowest BCUT2D eigenvalue weighted by atomic mass is 10.1. The summed E-state index contributed by atoms with van der Waals surface area (Å²) in [6, 6.07) is 5.27. The maximum atomic E-state index is 13.2. The van der Waals surface area contributed by atoms with Gasteiger partial charge in [0.2, 0.25) is 0 Å². The fourth-order valence-electron chi connectivity index (χ4n) is 1.17. The van der Waals surface area contributed by atoms with Crippen LogP contribution in [0.25, 0.3) is 0 Å². The lowest BCUT2D eigenvalue weighted by molar-refractivity contribution is 0.608. The van der Waals surface area contributed by atoms with Crippen LogP contribution < -0.4 is 5.32 Å². The highest BCUT2D eigenvalue weighted by Gasteiger charge is 2.00. The molecule has 1 aromatic rings. The molecule has 0 heterocycles. The van der Waals surface area contributed by atoms with Gasteiger partial charge in [0.05, 0.1) is 0 Å². The molecule has 1 nitrogen and oxygen atoms in total. The zero-order valence-corrected chi connectivity index (χ0v) is 7.52. The smallest absolute Gasteiger partial charge is 0.128 e. The average molecular weight is 167 g/mol. The van der Waals surface area contributed by atoms with Crippen molar-refractivity contribution in [1.29, 1.82) is 0 Å². The normalized spacial score (nSPS) is 9.92. The summed E-state index contributed by atoms with van der Waals surface area (Å²) >= 11 is 0. The van der Waals surface area contributed by atoms with Crippen LogP contribution in [-0.2, 0) is 6.42 Å². The molecule has 2 heteroatoms. The van der Waals surface area contributed by atoms with Crippen molar-refractivity contribution in [2.24, 2.45) is 0 Å². The Morgan fingerprint density at radius 3 is 2.67 bits per heavy atom. The molecule has 12 heavy (non-hydrogen) atoms. The van der Waals surface area contributed by atoms with Gasteiger partial charge >= 0.3 is 0 Å². The minimum Gasteiger partial charge on any atom is -0.388 e. The van der Waals surface area contributed by atoms with Gasteiger partial charge in [-0.3, -0.25) is 0 Å². The van der Waals surface area contributed by atoms with Gasteiger partial charge in [-0.2, -0.15) is 0 Å². The van der Waals surface area contributed by atoms with Crippen LogP contribution in [-0.4, -0.2) is 7.05 Å². The Hall–Kier alpha value is -1.05. The van der Waals surface area contributed by atoms with Crippen LogP contribution >= 0.6 is 0 Å². The quantitative estimate of drug-likeness (QED) is 0.730. The van der Waals surface area contributed by atoms with Gasteiger partial charge in [-0.05, 0) is 24.1 Å². The molecule has 0 aromatic heterocycles. The number of rotatable bonds is 3. The molecule has 0 aliphatic heterocycles. The van der Waals surface area contributed by atoms with E-state index in [0.29, 0.717) is 0 Å². The second-order valence-corrected chi connectivity index (χ2v) is 2.81. The maximum Gasteiger partial charge on any atom is 0.128 e. The molecule has 0 saturated carbocycles. The van der Waals surface area contributed by atoms with Gasteiger partial charge in [-0.25, -0.2) is 4.39 Å². The Labute approximate surface area is 72.6 Å². The maximum absolute atomic E-state index is 13.2. The fourth-order valence-corrected chi connectivity index (χ4v) is 1.17. The predicted octanol–water partition coefficient (Wildman–Crippen LogP) is 2.82. The SMILES string of the molecule is CCCc1ccc(NC)cc1F. The Morgan fingerprint density at radius 2 is 2.17 bits per heavy atom. The second kappa shape index (κ2) is 4.10. The van der Waals surface area contributed by atoms with Gasteiger partial charge in [-0.15, -0.1) is 0 Å². The molecule has 0 aliphatic rings. The minimum atomic E-state index is -0.108. The molecule has 0 radical (unpaired) electrons. The van der Waals surface area contributed by atoms with Gasteiger partial charge in [0.1, 0.15) is 5.82 Å². The van der Waals surface area contributed by atoms with E-state index >= 15 is 0 Å². The lowest BCUT2D eigenvalue weighted by Crippen LogP contribution is -1.93. The van der Waals surface area contributed by atoms with Crippen LogP contribution in [0.5, 0.6) is 0 Å². The first-order valence-corrected chi connectivity index (χ1v) is 4.24. The molecule has 0 atom stereocenters. The monoisotopic (exact) mass is 167 g/mol. The van der Waals surface area contributed by atoms with Crippen molar-refractivity contribution in [3.05, 3.63) is 29.6 Å². The lowest BCUT2D eigenvalue weighted by Gasteiger charge is -2.03. The number of benzene rings is 1. The molecular formula is C10H14FN. The third kappa shape index (κ3) is 1.97. The van der Waals surface area contributed by atoms with Crippen LogP contribution in [0.15, 0.2) is 18.2 Å². The standard InChI is InChI=1S/C10H14FN/c1-3-4-8-5-6-9(12-2)7-10(8)11/h5-7,12H,3-4H2,1-2H3. The van der Waals surface area contributed by atoms with Crippen molar-refractivity contribution in [3.63, 3.8) is 0 Å². The summed E-state index contributed by atoms with van der Waals surface area (Å²) in [5.74, 6) is -0.108. The van der Waals surface area contributed by atoms with Crippen LogP contribution in [0.1, 0.15) is 18.9 Å². The van der Waals surface area contributed by atoms with Crippen molar-refractivity contribution in [1.82, 2.24) is 0 Å². The number of hydrogen-bond acceptors (Lipinski definition) is 1. The van der Waals surface area contributed by atoms with Gasteiger partial charge in [0, 0.05) is 12.7 Å². The van der Waals surface area contributed by atoms with Crippen molar-refractivity contribution in [2.45, 2.75) is 19.8 Å². The van der Waals surface area contributed by atoms with Crippen LogP contribution in [0.3, 0.4) is 0 Å². The van der Waals surface area contributed by atoms with Crippen molar-refractivity contribution in [3.8, 4) is 0 Å². The van der Waals surface area contributed by atoms with E-state index in [1.165, 1.54) is 6.07 Å². The number of halogens is 1. The molecule has 1 rings (SSSR count). The van der Waals surface area contributed by atoms with E-state index in [2.05, 4.69) is 5.32 Å². The number of anilines is 1. The summed E-state index contributed by atoms with van der Waals surface area (Å²) in [4.78, 5) is 0. The van der Waals surface area contributed by atoms with Crippen LogP contribution in [0, 0.1) is 5.82 Å². The molecule has 0 amide bonds. The van der Waals surface area contributed by atoms with Crippen molar-refractivity contribution >= 4 is 5.69 Å². The first-order chi connectivity index (χ1) is 5.77. The molecule has 0 bridgehead atoms. The van der Waals surface area contributed by atoms with Gasteiger partial charge < -0.3 is 5.32 Å². The molecule has 0 unspecified atom stereocenters. The van der Waals surface area contributed by atoms with Crippen molar-refractivity contribution < 1.29 is 4.39 Å². The summed E-state index contributed by atoms with van der Waals surface area (Å²) < 4.78 is 13.2. The molecule has 1 aromatic carbocycles. The zero-order chi connectivity index (χ0) is 8.97. The van der Waals surface area contributed by atoms with E-state index in [1.54, 1.807) is 7.05 Å². The number of aryl methyl sites for hydroxylation is 1. The Bertz CT molecular complexity index is 258. The van der Waals surface area contributed by atoms with Crippen LogP contribution in [0.2, 0.25) is 0 Å².